The number of ether oxygens (including phenoxy) is 1. The minimum atomic E-state index is -0.0825. The van der Waals surface area contributed by atoms with Crippen molar-refractivity contribution in [3.05, 3.63) is 12.7 Å². The standard InChI is InChI=1S/C11H15N5O2.3H3OP/c12-10-9-11(14-5-13-10)16(6-15-9)8-2-1-7(18-8)3-4-17;3*1-2/h5-8,17H,1-4H2,(H2,12,13,14);3*1H,2H2. The van der Waals surface area contributed by atoms with Gasteiger partial charge in [-0.3, -0.25) is 4.57 Å². The molecule has 1 aliphatic rings. The Morgan fingerprint density at radius 1 is 1.12 bits per heavy atom. The topological polar surface area (TPSA) is 160 Å². The first-order valence-corrected chi connectivity index (χ1v) is 8.31. The van der Waals surface area contributed by atoms with Crippen LogP contribution in [0.5, 0.6) is 0 Å². The number of nitrogens with two attached hydrogens (primary N) is 1. The summed E-state index contributed by atoms with van der Waals surface area (Å²) < 4.78 is 7.74. The molecule has 1 aliphatic heterocycles. The molecule has 13 heteroatoms. The summed E-state index contributed by atoms with van der Waals surface area (Å²) in [5.74, 6) is 0.378. The molecule has 0 saturated carbocycles. The molecule has 5 atom stereocenters. The first kappa shape index (κ1) is 23.4. The van der Waals surface area contributed by atoms with Crippen LogP contribution in [0.15, 0.2) is 12.7 Å². The first-order chi connectivity index (χ1) is 11.8. The van der Waals surface area contributed by atoms with Crippen molar-refractivity contribution >= 4 is 45.4 Å². The molecule has 0 aliphatic carbocycles. The Kier molecular flexibility index (Phi) is 13.4. The predicted octanol–water partition coefficient (Wildman–Crippen LogP) is -0.225. The zero-order chi connectivity index (χ0) is 18.5. The number of anilines is 1. The Hall–Kier alpha value is -0.560. The highest BCUT2D eigenvalue weighted by Crippen LogP contribution is 2.31. The number of hydrogen-bond acceptors (Lipinski definition) is 9. The molecular formula is C11H24N5O5P3. The molecule has 0 spiro atoms. The van der Waals surface area contributed by atoms with E-state index in [2.05, 4.69) is 15.0 Å². The maximum atomic E-state index is 8.92. The van der Waals surface area contributed by atoms with Gasteiger partial charge in [0.1, 0.15) is 18.1 Å². The summed E-state index contributed by atoms with van der Waals surface area (Å²) in [5.41, 5.74) is 7.04. The van der Waals surface area contributed by atoms with Gasteiger partial charge in [0, 0.05) is 6.61 Å². The smallest absolute Gasteiger partial charge is 0.167 e. The fourth-order valence-corrected chi connectivity index (χ4v) is 2.33. The highest BCUT2D eigenvalue weighted by molar-refractivity contribution is 7.08. The molecular weight excluding hydrogens is 375 g/mol. The molecule has 5 unspecified atom stereocenters. The number of nitrogens with zero attached hydrogens (tertiary/aromatic N) is 4. The van der Waals surface area contributed by atoms with E-state index >= 15 is 0 Å². The Morgan fingerprint density at radius 2 is 1.79 bits per heavy atom. The van der Waals surface area contributed by atoms with Gasteiger partial charge in [-0.15, -0.1) is 0 Å². The predicted molar refractivity (Wildman–Crippen MR) is 100 cm³/mol. The van der Waals surface area contributed by atoms with Crippen molar-refractivity contribution in [2.45, 2.75) is 31.6 Å². The number of imidazole rings is 1. The fraction of sp³-hybridized carbons (Fsp3) is 0.545. The summed E-state index contributed by atoms with van der Waals surface area (Å²) >= 11 is 0. The van der Waals surface area contributed by atoms with E-state index < -0.39 is 0 Å². The van der Waals surface area contributed by atoms with Gasteiger partial charge in [0.05, 0.1) is 12.4 Å². The van der Waals surface area contributed by atoms with Crippen molar-refractivity contribution in [1.82, 2.24) is 19.5 Å². The van der Waals surface area contributed by atoms with Gasteiger partial charge >= 0.3 is 0 Å². The van der Waals surface area contributed by atoms with Gasteiger partial charge in [-0.25, -0.2) is 15.0 Å². The highest BCUT2D eigenvalue weighted by Gasteiger charge is 2.27. The van der Waals surface area contributed by atoms with Gasteiger partial charge in [-0.2, -0.15) is 0 Å². The van der Waals surface area contributed by atoms with Crippen LogP contribution in [0.2, 0.25) is 0 Å². The van der Waals surface area contributed by atoms with Gasteiger partial charge < -0.3 is 30.3 Å². The third-order valence-corrected chi connectivity index (χ3v) is 3.23. The van der Waals surface area contributed by atoms with Crippen LogP contribution in [0.25, 0.3) is 11.2 Å². The van der Waals surface area contributed by atoms with E-state index in [1.165, 1.54) is 34.7 Å². The molecule has 6 N–H and O–H groups in total. The Morgan fingerprint density at radius 3 is 2.42 bits per heavy atom. The monoisotopic (exact) mass is 399 g/mol. The van der Waals surface area contributed by atoms with E-state index in [1.807, 2.05) is 4.57 Å². The van der Waals surface area contributed by atoms with E-state index in [-0.39, 0.29) is 18.9 Å². The summed E-state index contributed by atoms with van der Waals surface area (Å²) in [5, 5.41) is 8.92. The van der Waals surface area contributed by atoms with Crippen LogP contribution in [-0.2, 0) is 4.74 Å². The van der Waals surface area contributed by atoms with E-state index in [0.717, 1.165) is 12.8 Å². The Labute approximate surface area is 146 Å². The van der Waals surface area contributed by atoms with E-state index in [1.54, 1.807) is 6.33 Å². The minimum absolute atomic E-state index is 0.0825. The third-order valence-electron chi connectivity index (χ3n) is 3.23. The van der Waals surface area contributed by atoms with Crippen molar-refractivity contribution in [1.29, 1.82) is 0 Å². The number of aromatic nitrogens is 4. The number of nitrogen functional groups attached to an aromatic ring is 1. The molecule has 0 aromatic carbocycles. The van der Waals surface area contributed by atoms with Crippen molar-refractivity contribution in [2.24, 2.45) is 0 Å². The normalized spacial score (nSPS) is 18.6. The second kappa shape index (κ2) is 13.7. The van der Waals surface area contributed by atoms with Crippen molar-refractivity contribution in [3.63, 3.8) is 0 Å². The summed E-state index contributed by atoms with van der Waals surface area (Å²) in [6.07, 6.45) is 5.63. The molecule has 0 amide bonds. The molecule has 0 bridgehead atoms. The van der Waals surface area contributed by atoms with E-state index in [4.69, 9.17) is 30.3 Å². The number of rotatable bonds is 3. The molecule has 3 rings (SSSR count). The average Bonchev–Trinajstić information content (AvgIpc) is 3.28. The van der Waals surface area contributed by atoms with Gasteiger partial charge in [0.2, 0.25) is 0 Å². The zero-order valence-corrected chi connectivity index (χ0v) is 16.4. The van der Waals surface area contributed by atoms with Crippen LogP contribution >= 0.6 is 28.4 Å². The second-order valence-corrected chi connectivity index (χ2v) is 4.39. The lowest BCUT2D eigenvalue weighted by Gasteiger charge is -2.14. The maximum Gasteiger partial charge on any atom is 0.167 e. The molecule has 24 heavy (non-hydrogen) atoms. The molecule has 1 fully saturated rings. The van der Waals surface area contributed by atoms with Gasteiger partial charge in [0.25, 0.3) is 0 Å². The van der Waals surface area contributed by atoms with Gasteiger partial charge in [-0.1, -0.05) is 0 Å². The van der Waals surface area contributed by atoms with Gasteiger partial charge in [-0.05, 0) is 47.7 Å². The van der Waals surface area contributed by atoms with Crippen LogP contribution in [0.4, 0.5) is 5.82 Å². The van der Waals surface area contributed by atoms with Crippen LogP contribution in [0.3, 0.4) is 0 Å². The SMILES string of the molecule is Nc1ncnc2c1ncn2C1CCC(CCO)O1.OP.OP.OP. The first-order valence-electron chi connectivity index (χ1n) is 6.76. The van der Waals surface area contributed by atoms with Crippen LogP contribution in [0, 0.1) is 0 Å². The van der Waals surface area contributed by atoms with E-state index in [9.17, 15) is 0 Å². The summed E-state index contributed by atoms with van der Waals surface area (Å²) in [7, 11) is 4.25. The summed E-state index contributed by atoms with van der Waals surface area (Å²) in [4.78, 5) is 33.1. The summed E-state index contributed by atoms with van der Waals surface area (Å²) in [6, 6.07) is 0. The summed E-state index contributed by atoms with van der Waals surface area (Å²) in [6.45, 7) is 0.150. The largest absolute Gasteiger partial charge is 0.396 e. The van der Waals surface area contributed by atoms with Gasteiger partial charge in [0.15, 0.2) is 11.5 Å². The van der Waals surface area contributed by atoms with E-state index in [0.29, 0.717) is 23.4 Å². The Bertz CT molecular complexity index is 576. The number of aliphatic hydroxyl groups excluding tert-OH is 1. The van der Waals surface area contributed by atoms with Crippen LogP contribution < -0.4 is 5.73 Å². The highest BCUT2D eigenvalue weighted by atomic mass is 31.0. The lowest BCUT2D eigenvalue weighted by Crippen LogP contribution is -2.12. The number of aliphatic hydroxyl groups is 1. The van der Waals surface area contributed by atoms with Crippen molar-refractivity contribution < 1.29 is 24.5 Å². The quantitative estimate of drug-likeness (QED) is 0.440. The van der Waals surface area contributed by atoms with Crippen molar-refractivity contribution in [2.75, 3.05) is 12.3 Å². The minimum Gasteiger partial charge on any atom is -0.396 e. The second-order valence-electron chi connectivity index (χ2n) is 4.39. The lowest BCUT2D eigenvalue weighted by atomic mass is 10.2. The molecule has 10 nitrogen and oxygen atoms in total. The molecule has 2 aromatic heterocycles. The fourth-order valence-electron chi connectivity index (χ4n) is 2.33. The zero-order valence-electron chi connectivity index (χ0n) is 12.9. The van der Waals surface area contributed by atoms with Crippen LogP contribution in [0.1, 0.15) is 25.5 Å². The van der Waals surface area contributed by atoms with Crippen LogP contribution in [-0.4, -0.2) is 52.0 Å². The molecule has 138 valence electrons. The maximum absolute atomic E-state index is 8.92. The molecule has 0 radical (unpaired) electrons. The number of fused-ring (bicyclic) bond motifs is 1. The lowest BCUT2D eigenvalue weighted by molar-refractivity contribution is -0.00575. The molecule has 1 saturated heterocycles. The van der Waals surface area contributed by atoms with Crippen molar-refractivity contribution in [3.8, 4) is 0 Å². The third kappa shape index (κ3) is 6.06. The Balaban J connectivity index is 0.000000798. The molecule has 2 aromatic rings. The number of hydrogen-bond donors (Lipinski definition) is 5. The molecule has 3 heterocycles. The average molecular weight is 399 g/mol.